The van der Waals surface area contributed by atoms with E-state index in [1.807, 2.05) is 27.8 Å². The molecule has 1 amide bonds. The van der Waals surface area contributed by atoms with E-state index in [-0.39, 0.29) is 17.9 Å². The van der Waals surface area contributed by atoms with Gasteiger partial charge < -0.3 is 10.6 Å². The molecule has 0 bridgehead atoms. The minimum absolute atomic E-state index is 0.00241. The first kappa shape index (κ1) is 11.4. The molecule has 1 unspecified atom stereocenters. The standard InChI is InChI=1S/C9H20N2O/c1-5-8(6-10)9(12)11(4)7(2)3/h7-8H,5-6,10H2,1-4H3. The van der Waals surface area contributed by atoms with Crippen LogP contribution in [0.15, 0.2) is 0 Å². The zero-order valence-electron chi connectivity index (χ0n) is 8.50. The molecule has 0 rings (SSSR count). The summed E-state index contributed by atoms with van der Waals surface area (Å²) < 4.78 is 0. The molecule has 0 saturated heterocycles. The van der Waals surface area contributed by atoms with Gasteiger partial charge >= 0.3 is 0 Å². The Morgan fingerprint density at radius 1 is 1.50 bits per heavy atom. The maximum absolute atomic E-state index is 11.6. The Labute approximate surface area is 74.9 Å². The summed E-state index contributed by atoms with van der Waals surface area (Å²) in [6.07, 6.45) is 0.826. The summed E-state index contributed by atoms with van der Waals surface area (Å²) in [5.41, 5.74) is 5.47. The molecular weight excluding hydrogens is 152 g/mol. The molecule has 0 spiro atoms. The van der Waals surface area contributed by atoms with E-state index in [2.05, 4.69) is 0 Å². The molecule has 3 nitrogen and oxygen atoms in total. The lowest BCUT2D eigenvalue weighted by Gasteiger charge is -2.25. The summed E-state index contributed by atoms with van der Waals surface area (Å²) in [5.74, 6) is 0.160. The molecule has 0 aromatic rings. The van der Waals surface area contributed by atoms with Crippen molar-refractivity contribution in [1.29, 1.82) is 0 Å². The molecule has 0 aliphatic heterocycles. The molecule has 1 atom stereocenters. The van der Waals surface area contributed by atoms with Crippen molar-refractivity contribution in [3.63, 3.8) is 0 Å². The first-order valence-electron chi connectivity index (χ1n) is 4.51. The van der Waals surface area contributed by atoms with Crippen LogP contribution in [-0.2, 0) is 4.79 Å². The number of hydrogen-bond donors (Lipinski definition) is 1. The third-order valence-corrected chi connectivity index (χ3v) is 2.25. The van der Waals surface area contributed by atoms with E-state index in [4.69, 9.17) is 5.73 Å². The zero-order valence-corrected chi connectivity index (χ0v) is 8.50. The van der Waals surface area contributed by atoms with Crippen LogP contribution in [0.25, 0.3) is 0 Å². The highest BCUT2D eigenvalue weighted by Crippen LogP contribution is 2.07. The SMILES string of the molecule is CCC(CN)C(=O)N(C)C(C)C. The second kappa shape index (κ2) is 5.14. The number of carbonyl (C=O) groups excluding carboxylic acids is 1. The monoisotopic (exact) mass is 172 g/mol. The first-order valence-corrected chi connectivity index (χ1v) is 4.51. The summed E-state index contributed by atoms with van der Waals surface area (Å²) in [4.78, 5) is 13.3. The minimum atomic E-state index is -0.00241. The van der Waals surface area contributed by atoms with Gasteiger partial charge in [0.15, 0.2) is 0 Å². The quantitative estimate of drug-likeness (QED) is 0.683. The van der Waals surface area contributed by atoms with Crippen molar-refractivity contribution in [3.8, 4) is 0 Å². The molecule has 0 aliphatic rings. The number of rotatable bonds is 4. The molecule has 0 fully saturated rings. The van der Waals surface area contributed by atoms with E-state index in [1.54, 1.807) is 4.90 Å². The lowest BCUT2D eigenvalue weighted by atomic mass is 10.1. The maximum Gasteiger partial charge on any atom is 0.226 e. The van der Waals surface area contributed by atoms with Crippen LogP contribution in [0.4, 0.5) is 0 Å². The van der Waals surface area contributed by atoms with Gasteiger partial charge in [-0.25, -0.2) is 0 Å². The number of nitrogens with two attached hydrogens (primary N) is 1. The zero-order chi connectivity index (χ0) is 9.72. The topological polar surface area (TPSA) is 46.3 Å². The molecular formula is C9H20N2O. The molecule has 0 aromatic carbocycles. The van der Waals surface area contributed by atoms with Crippen molar-refractivity contribution >= 4 is 5.91 Å². The smallest absolute Gasteiger partial charge is 0.226 e. The first-order chi connectivity index (χ1) is 5.54. The molecule has 0 radical (unpaired) electrons. The van der Waals surface area contributed by atoms with Crippen molar-refractivity contribution < 1.29 is 4.79 Å². The highest BCUT2D eigenvalue weighted by molar-refractivity contribution is 5.79. The van der Waals surface area contributed by atoms with Crippen LogP contribution in [0.1, 0.15) is 27.2 Å². The van der Waals surface area contributed by atoms with E-state index in [0.717, 1.165) is 6.42 Å². The summed E-state index contributed by atoms with van der Waals surface area (Å²) in [6, 6.07) is 0.262. The number of amides is 1. The molecule has 72 valence electrons. The highest BCUT2D eigenvalue weighted by atomic mass is 16.2. The average molecular weight is 172 g/mol. The molecule has 2 N–H and O–H groups in total. The van der Waals surface area contributed by atoms with Crippen molar-refractivity contribution in [2.24, 2.45) is 11.7 Å². The Kier molecular flexibility index (Phi) is 4.90. The second-order valence-electron chi connectivity index (χ2n) is 3.38. The van der Waals surface area contributed by atoms with Gasteiger partial charge in [-0.3, -0.25) is 4.79 Å². The summed E-state index contributed by atoms with van der Waals surface area (Å²) in [7, 11) is 1.82. The molecule has 0 aliphatic carbocycles. The third-order valence-electron chi connectivity index (χ3n) is 2.25. The number of hydrogen-bond acceptors (Lipinski definition) is 2. The summed E-state index contributed by atoms with van der Waals surface area (Å²) >= 11 is 0. The second-order valence-corrected chi connectivity index (χ2v) is 3.38. The lowest BCUT2D eigenvalue weighted by Crippen LogP contribution is -2.40. The predicted octanol–water partition coefficient (Wildman–Crippen LogP) is 0.838. The fourth-order valence-electron chi connectivity index (χ4n) is 0.985. The Balaban J connectivity index is 4.16. The van der Waals surface area contributed by atoms with Gasteiger partial charge in [-0.05, 0) is 20.3 Å². The average Bonchev–Trinajstić information content (AvgIpc) is 2.05. The minimum Gasteiger partial charge on any atom is -0.343 e. The van der Waals surface area contributed by atoms with E-state index in [0.29, 0.717) is 6.54 Å². The number of carbonyl (C=O) groups is 1. The summed E-state index contributed by atoms with van der Waals surface area (Å²) in [6.45, 7) is 6.44. The van der Waals surface area contributed by atoms with Gasteiger partial charge in [0.2, 0.25) is 5.91 Å². The maximum atomic E-state index is 11.6. The molecule has 0 saturated carbocycles. The molecule has 0 aromatic heterocycles. The van der Waals surface area contributed by atoms with Crippen LogP contribution < -0.4 is 5.73 Å². The predicted molar refractivity (Wildman–Crippen MR) is 50.7 cm³/mol. The van der Waals surface area contributed by atoms with Crippen molar-refractivity contribution in [2.45, 2.75) is 33.2 Å². The van der Waals surface area contributed by atoms with Crippen LogP contribution in [-0.4, -0.2) is 30.4 Å². The van der Waals surface area contributed by atoms with E-state index in [1.165, 1.54) is 0 Å². The van der Waals surface area contributed by atoms with Gasteiger partial charge in [-0.1, -0.05) is 6.92 Å². The largest absolute Gasteiger partial charge is 0.343 e. The fraction of sp³-hybridized carbons (Fsp3) is 0.889. The number of nitrogens with zero attached hydrogens (tertiary/aromatic N) is 1. The molecule has 12 heavy (non-hydrogen) atoms. The Bertz CT molecular complexity index is 137. The van der Waals surface area contributed by atoms with Crippen molar-refractivity contribution in [2.75, 3.05) is 13.6 Å². The highest BCUT2D eigenvalue weighted by Gasteiger charge is 2.19. The van der Waals surface area contributed by atoms with Crippen LogP contribution in [0, 0.1) is 5.92 Å². The molecule has 0 heterocycles. The van der Waals surface area contributed by atoms with Crippen LogP contribution >= 0.6 is 0 Å². The lowest BCUT2D eigenvalue weighted by molar-refractivity contribution is -0.135. The van der Waals surface area contributed by atoms with Crippen LogP contribution in [0.3, 0.4) is 0 Å². The van der Waals surface area contributed by atoms with Gasteiger partial charge in [0.1, 0.15) is 0 Å². The molecule has 3 heteroatoms. The normalized spacial score (nSPS) is 13.2. The van der Waals surface area contributed by atoms with Gasteiger partial charge in [0.05, 0.1) is 5.92 Å². The van der Waals surface area contributed by atoms with Crippen molar-refractivity contribution in [3.05, 3.63) is 0 Å². The van der Waals surface area contributed by atoms with Gasteiger partial charge in [-0.15, -0.1) is 0 Å². The third kappa shape index (κ3) is 2.81. The van der Waals surface area contributed by atoms with Crippen molar-refractivity contribution in [1.82, 2.24) is 4.90 Å². The van der Waals surface area contributed by atoms with E-state index >= 15 is 0 Å². The van der Waals surface area contributed by atoms with Gasteiger partial charge in [-0.2, -0.15) is 0 Å². The Hall–Kier alpha value is -0.570. The van der Waals surface area contributed by atoms with E-state index < -0.39 is 0 Å². The van der Waals surface area contributed by atoms with Gasteiger partial charge in [0, 0.05) is 19.6 Å². The fourth-order valence-corrected chi connectivity index (χ4v) is 0.985. The van der Waals surface area contributed by atoms with E-state index in [9.17, 15) is 4.79 Å². The Morgan fingerprint density at radius 2 is 2.00 bits per heavy atom. The Morgan fingerprint density at radius 3 is 2.25 bits per heavy atom. The van der Waals surface area contributed by atoms with Gasteiger partial charge in [0.25, 0.3) is 0 Å². The van der Waals surface area contributed by atoms with Crippen LogP contribution in [0.5, 0.6) is 0 Å². The summed E-state index contributed by atoms with van der Waals surface area (Å²) in [5, 5.41) is 0. The van der Waals surface area contributed by atoms with Crippen LogP contribution in [0.2, 0.25) is 0 Å².